The van der Waals surface area contributed by atoms with Gasteiger partial charge in [-0.2, -0.15) is 8.78 Å². The molecule has 1 aromatic rings. The molecule has 0 bridgehead atoms. The number of rotatable bonds is 9. The second-order valence-corrected chi connectivity index (χ2v) is 5.84. The number of amides is 2. The Morgan fingerprint density at radius 2 is 1.89 bits per heavy atom. The minimum Gasteiger partial charge on any atom is -0.493 e. The summed E-state index contributed by atoms with van der Waals surface area (Å²) in [6, 6.07) is 3.60. The second kappa shape index (κ2) is 11.9. The number of hydrogen-bond donors (Lipinski definition) is 4. The molecule has 0 radical (unpaired) electrons. The summed E-state index contributed by atoms with van der Waals surface area (Å²) in [6.07, 6.45) is 0. The van der Waals surface area contributed by atoms with Crippen molar-refractivity contribution >= 4 is 29.1 Å². The number of hydrogen-bond acceptors (Lipinski definition) is 6. The fraction of sp³-hybridized carbons (Fsp3) is 0.438. The highest BCUT2D eigenvalue weighted by atomic mass is 32.1. The fourth-order valence-corrected chi connectivity index (χ4v) is 2.24. The first-order valence-corrected chi connectivity index (χ1v) is 8.43. The summed E-state index contributed by atoms with van der Waals surface area (Å²) in [5.74, 6) is -1.41. The summed E-state index contributed by atoms with van der Waals surface area (Å²) in [7, 11) is 2.80. The molecule has 0 heterocycles. The Labute approximate surface area is 166 Å². The van der Waals surface area contributed by atoms with Crippen LogP contribution in [0.15, 0.2) is 18.2 Å². The third-order valence-corrected chi connectivity index (χ3v) is 3.38. The highest BCUT2D eigenvalue weighted by molar-refractivity contribution is 7.80. The number of hydrazine groups is 1. The van der Waals surface area contributed by atoms with Gasteiger partial charge in [0.05, 0.1) is 20.3 Å². The van der Waals surface area contributed by atoms with Gasteiger partial charge in [0.15, 0.2) is 16.6 Å². The lowest BCUT2D eigenvalue weighted by molar-refractivity contribution is -0.120. The zero-order valence-corrected chi connectivity index (χ0v) is 16.3. The van der Waals surface area contributed by atoms with Crippen LogP contribution in [-0.2, 0) is 9.53 Å². The molecule has 0 aliphatic carbocycles. The smallest absolute Gasteiger partial charge is 0.387 e. The molecule has 0 saturated heterocycles. The van der Waals surface area contributed by atoms with E-state index in [-0.39, 0.29) is 34.8 Å². The summed E-state index contributed by atoms with van der Waals surface area (Å²) >= 11 is 4.99. The molecule has 12 heteroatoms. The molecule has 0 unspecified atom stereocenters. The van der Waals surface area contributed by atoms with Gasteiger partial charge in [-0.1, -0.05) is 0 Å². The normalized spacial score (nSPS) is 11.4. The van der Waals surface area contributed by atoms with Crippen LogP contribution in [0, 0.1) is 0 Å². The summed E-state index contributed by atoms with van der Waals surface area (Å²) in [6.45, 7) is -1.11. The largest absolute Gasteiger partial charge is 0.493 e. The monoisotopic (exact) mass is 420 g/mol. The minimum atomic E-state index is -3.03. The van der Waals surface area contributed by atoms with E-state index in [2.05, 4.69) is 26.2 Å². The summed E-state index contributed by atoms with van der Waals surface area (Å²) < 4.78 is 38.8. The van der Waals surface area contributed by atoms with Crippen LogP contribution in [0.1, 0.15) is 17.3 Å². The number of methoxy groups -OCH3 is 2. The first kappa shape index (κ1) is 23.3. The van der Waals surface area contributed by atoms with Crippen LogP contribution < -0.4 is 31.0 Å². The lowest BCUT2D eigenvalue weighted by atomic mass is 10.2. The molecular formula is C16H22F2N4O5S. The van der Waals surface area contributed by atoms with E-state index in [9.17, 15) is 18.4 Å². The van der Waals surface area contributed by atoms with E-state index in [4.69, 9.17) is 21.7 Å². The van der Waals surface area contributed by atoms with Gasteiger partial charge in [0.2, 0.25) is 0 Å². The minimum absolute atomic E-state index is 0.0410. The molecule has 156 valence electrons. The van der Waals surface area contributed by atoms with Crippen molar-refractivity contribution in [3.8, 4) is 11.5 Å². The van der Waals surface area contributed by atoms with Gasteiger partial charge in [-0.15, -0.1) is 0 Å². The van der Waals surface area contributed by atoms with Crippen molar-refractivity contribution in [1.29, 1.82) is 0 Å². The first-order chi connectivity index (χ1) is 13.3. The highest BCUT2D eigenvalue weighted by Gasteiger charge is 2.15. The van der Waals surface area contributed by atoms with Crippen molar-refractivity contribution in [2.45, 2.75) is 19.6 Å². The quantitative estimate of drug-likeness (QED) is 0.339. The van der Waals surface area contributed by atoms with Crippen molar-refractivity contribution in [2.75, 3.05) is 27.4 Å². The molecule has 28 heavy (non-hydrogen) atoms. The lowest BCUT2D eigenvalue weighted by Gasteiger charge is -2.16. The van der Waals surface area contributed by atoms with Crippen LogP contribution in [0.3, 0.4) is 0 Å². The van der Waals surface area contributed by atoms with Gasteiger partial charge in [0, 0.05) is 18.7 Å². The van der Waals surface area contributed by atoms with Crippen LogP contribution in [-0.4, -0.2) is 57.0 Å². The van der Waals surface area contributed by atoms with Gasteiger partial charge in [-0.3, -0.25) is 20.4 Å². The first-order valence-electron chi connectivity index (χ1n) is 8.02. The van der Waals surface area contributed by atoms with Crippen LogP contribution in [0.2, 0.25) is 0 Å². The van der Waals surface area contributed by atoms with Crippen molar-refractivity contribution in [3.63, 3.8) is 0 Å². The average Bonchev–Trinajstić information content (AvgIpc) is 2.64. The van der Waals surface area contributed by atoms with Crippen molar-refractivity contribution in [2.24, 2.45) is 0 Å². The molecular weight excluding hydrogens is 398 g/mol. The van der Waals surface area contributed by atoms with E-state index in [1.54, 1.807) is 7.11 Å². The maximum Gasteiger partial charge on any atom is 0.387 e. The Kier molecular flexibility index (Phi) is 9.88. The van der Waals surface area contributed by atoms with E-state index in [0.717, 1.165) is 0 Å². The molecule has 0 aromatic heterocycles. The Hall–Kier alpha value is -2.73. The van der Waals surface area contributed by atoms with Crippen molar-refractivity contribution < 1.29 is 32.6 Å². The van der Waals surface area contributed by atoms with E-state index in [1.165, 1.54) is 25.3 Å². The van der Waals surface area contributed by atoms with Crippen molar-refractivity contribution in [3.05, 3.63) is 23.8 Å². The number of carbonyl (C=O) groups excluding carboxylic acids is 2. The summed E-state index contributed by atoms with van der Waals surface area (Å²) in [4.78, 5) is 23.9. The Balaban J connectivity index is 2.49. The Morgan fingerprint density at radius 1 is 1.18 bits per heavy atom. The molecule has 0 aliphatic rings. The highest BCUT2D eigenvalue weighted by Crippen LogP contribution is 2.29. The number of benzene rings is 1. The van der Waals surface area contributed by atoms with Crippen molar-refractivity contribution in [1.82, 2.24) is 21.5 Å². The zero-order valence-electron chi connectivity index (χ0n) is 15.5. The molecule has 1 aromatic carbocycles. The third kappa shape index (κ3) is 8.31. The molecule has 9 nitrogen and oxygen atoms in total. The van der Waals surface area contributed by atoms with E-state index in [1.807, 2.05) is 6.92 Å². The maximum atomic E-state index is 12.3. The topological polar surface area (TPSA) is 110 Å². The van der Waals surface area contributed by atoms with Gasteiger partial charge in [0.1, 0.15) is 0 Å². The van der Waals surface area contributed by atoms with Gasteiger partial charge in [0.25, 0.3) is 11.8 Å². The average molecular weight is 420 g/mol. The Bertz CT molecular complexity index is 693. The van der Waals surface area contributed by atoms with Gasteiger partial charge in [-0.05, 0) is 37.3 Å². The summed E-state index contributed by atoms with van der Waals surface area (Å²) in [5.41, 5.74) is 4.90. The van der Waals surface area contributed by atoms with Gasteiger partial charge < -0.3 is 24.8 Å². The summed E-state index contributed by atoms with van der Waals surface area (Å²) in [5, 5.41) is 5.43. The number of halogens is 2. The number of thiocarbonyl (C=S) groups is 1. The van der Waals surface area contributed by atoms with Crippen LogP contribution in [0.25, 0.3) is 0 Å². The maximum absolute atomic E-state index is 12.3. The standard InChI is InChI=1S/C16H22F2N4O5S/c1-9(8-25-2)20-16(28)22-21-13(23)7-19-14(24)10-4-5-11(27-15(17)18)12(6-10)26-3/h4-6,9,15H,7-8H2,1-3H3,(H,19,24)(H,21,23)(H2,20,22,28)/t9-/m0/s1. The third-order valence-electron chi connectivity index (χ3n) is 3.16. The number of ether oxygens (including phenoxy) is 3. The lowest BCUT2D eigenvalue weighted by Crippen LogP contribution is -2.52. The number of alkyl halides is 2. The molecule has 4 N–H and O–H groups in total. The number of carbonyl (C=O) groups is 2. The van der Waals surface area contributed by atoms with Crippen LogP contribution >= 0.6 is 12.2 Å². The molecule has 0 fully saturated rings. The number of nitrogens with one attached hydrogen (secondary N) is 4. The van der Waals surface area contributed by atoms with E-state index >= 15 is 0 Å². The van der Waals surface area contributed by atoms with E-state index < -0.39 is 18.4 Å². The van der Waals surface area contributed by atoms with Crippen LogP contribution in [0.4, 0.5) is 8.78 Å². The SMILES string of the molecule is COC[C@H](C)NC(=S)NNC(=O)CNC(=O)c1ccc(OC(F)F)c(OC)c1. The van der Waals surface area contributed by atoms with Gasteiger partial charge >= 0.3 is 6.61 Å². The predicted octanol–water partition coefficient (Wildman–Crippen LogP) is 0.557. The second-order valence-electron chi connectivity index (χ2n) is 5.43. The molecule has 0 aliphatic heterocycles. The van der Waals surface area contributed by atoms with Crippen LogP contribution in [0.5, 0.6) is 11.5 Å². The van der Waals surface area contributed by atoms with E-state index in [0.29, 0.717) is 6.61 Å². The molecule has 0 saturated carbocycles. The zero-order chi connectivity index (χ0) is 21.1. The molecule has 1 atom stereocenters. The molecule has 0 spiro atoms. The fourth-order valence-electron chi connectivity index (χ4n) is 1.99. The predicted molar refractivity (Wildman–Crippen MR) is 100 cm³/mol. The molecule has 1 rings (SSSR count). The van der Waals surface area contributed by atoms with Gasteiger partial charge in [-0.25, -0.2) is 0 Å². The Morgan fingerprint density at radius 3 is 2.50 bits per heavy atom. The molecule has 2 amide bonds.